The number of amides is 1. The monoisotopic (exact) mass is 383 g/mol. The highest BCUT2D eigenvalue weighted by atomic mass is 32.2. The van der Waals surface area contributed by atoms with E-state index in [1.165, 1.54) is 11.1 Å². The molecule has 0 saturated carbocycles. The maximum atomic E-state index is 12.4. The normalized spacial score (nSPS) is 16.3. The van der Waals surface area contributed by atoms with Crippen molar-refractivity contribution in [3.63, 3.8) is 0 Å². The predicted octanol–water partition coefficient (Wildman–Crippen LogP) is 4.62. The summed E-state index contributed by atoms with van der Waals surface area (Å²) in [5.41, 5.74) is 4.58. The van der Waals surface area contributed by atoms with E-state index in [1.807, 2.05) is 18.4 Å². The smallest absolute Gasteiger partial charge is 0.239 e. The van der Waals surface area contributed by atoms with Gasteiger partial charge < -0.3 is 10.6 Å². The zero-order chi connectivity index (χ0) is 17.9. The molecule has 1 aromatic heterocycles. The van der Waals surface area contributed by atoms with Crippen molar-refractivity contribution in [2.45, 2.75) is 29.6 Å². The lowest BCUT2D eigenvalue weighted by Gasteiger charge is -2.26. The molecule has 1 amide bonds. The Morgan fingerprint density at radius 3 is 3.08 bits per heavy atom. The van der Waals surface area contributed by atoms with Gasteiger partial charge in [-0.25, -0.2) is 4.98 Å². The van der Waals surface area contributed by atoms with Gasteiger partial charge in [0.15, 0.2) is 4.34 Å². The Hall–Kier alpha value is -2.05. The van der Waals surface area contributed by atoms with Crippen LogP contribution in [0.25, 0.3) is 10.2 Å². The second-order valence-electron chi connectivity index (χ2n) is 6.43. The van der Waals surface area contributed by atoms with Gasteiger partial charge in [0, 0.05) is 5.69 Å². The van der Waals surface area contributed by atoms with Gasteiger partial charge >= 0.3 is 0 Å². The zero-order valence-electron chi connectivity index (χ0n) is 14.6. The Bertz CT molecular complexity index is 938. The third-order valence-corrected chi connectivity index (χ3v) is 6.70. The van der Waals surface area contributed by atoms with E-state index in [4.69, 9.17) is 0 Å². The van der Waals surface area contributed by atoms with Crippen molar-refractivity contribution in [3.8, 4) is 0 Å². The van der Waals surface area contributed by atoms with Crippen LogP contribution in [-0.2, 0) is 11.2 Å². The summed E-state index contributed by atoms with van der Waals surface area (Å²) in [5, 5.41) is 6.42. The lowest BCUT2D eigenvalue weighted by Crippen LogP contribution is -2.35. The molecule has 26 heavy (non-hydrogen) atoms. The van der Waals surface area contributed by atoms with Gasteiger partial charge in [-0.15, -0.1) is 11.3 Å². The summed E-state index contributed by atoms with van der Waals surface area (Å²) in [4.78, 5) is 17.0. The molecule has 6 heteroatoms. The Kier molecular flexibility index (Phi) is 5.13. The van der Waals surface area contributed by atoms with E-state index in [1.54, 1.807) is 23.1 Å². The molecule has 1 heterocycles. The van der Waals surface area contributed by atoms with Crippen LogP contribution in [-0.4, -0.2) is 23.7 Å². The zero-order valence-corrected chi connectivity index (χ0v) is 16.3. The van der Waals surface area contributed by atoms with Gasteiger partial charge in [0.05, 0.1) is 22.8 Å². The molecule has 2 N–H and O–H groups in total. The van der Waals surface area contributed by atoms with Crippen molar-refractivity contribution in [2.75, 3.05) is 18.1 Å². The van der Waals surface area contributed by atoms with Crippen molar-refractivity contribution in [1.82, 2.24) is 10.3 Å². The molecule has 0 fully saturated rings. The molecule has 0 bridgehead atoms. The van der Waals surface area contributed by atoms with Crippen LogP contribution >= 0.6 is 23.1 Å². The van der Waals surface area contributed by atoms with Gasteiger partial charge in [0.25, 0.3) is 0 Å². The molecule has 0 saturated heterocycles. The number of thioether (sulfide) groups is 1. The minimum Gasteiger partial charge on any atom is -0.376 e. The maximum absolute atomic E-state index is 12.4. The van der Waals surface area contributed by atoms with Crippen molar-refractivity contribution >= 4 is 44.9 Å². The molecule has 1 atom stereocenters. The van der Waals surface area contributed by atoms with Crippen LogP contribution in [0.4, 0.5) is 5.69 Å². The van der Waals surface area contributed by atoms with E-state index in [-0.39, 0.29) is 18.5 Å². The molecule has 4 rings (SSSR count). The van der Waals surface area contributed by atoms with Gasteiger partial charge in [-0.2, -0.15) is 0 Å². The first kappa shape index (κ1) is 17.4. The maximum Gasteiger partial charge on any atom is 0.239 e. The van der Waals surface area contributed by atoms with E-state index in [9.17, 15) is 4.79 Å². The lowest BCUT2D eigenvalue weighted by atomic mass is 9.88. The second kappa shape index (κ2) is 7.68. The number of nitrogens with zero attached hydrogens (tertiary/aromatic N) is 1. The standard InChI is InChI=1S/C20H21N3OS2/c1-25-20-23-17-10-9-14(11-18(17)26-20)21-12-19(24)22-16-8-4-6-13-5-2-3-7-15(13)16/h2-3,5,7,9-11,16,21H,4,6,8,12H2,1H3,(H,22,24). The Morgan fingerprint density at radius 2 is 2.19 bits per heavy atom. The number of fused-ring (bicyclic) bond motifs is 2. The molecule has 4 nitrogen and oxygen atoms in total. The third kappa shape index (κ3) is 3.71. The van der Waals surface area contributed by atoms with Crippen LogP contribution in [0.3, 0.4) is 0 Å². The molecule has 1 unspecified atom stereocenters. The first-order valence-electron chi connectivity index (χ1n) is 8.78. The van der Waals surface area contributed by atoms with E-state index in [0.29, 0.717) is 0 Å². The molecule has 0 aliphatic heterocycles. The molecule has 0 spiro atoms. The van der Waals surface area contributed by atoms with E-state index in [0.717, 1.165) is 39.5 Å². The van der Waals surface area contributed by atoms with Crippen LogP contribution in [0.1, 0.15) is 30.0 Å². The summed E-state index contributed by atoms with van der Waals surface area (Å²) < 4.78 is 2.20. The van der Waals surface area contributed by atoms with Crippen molar-refractivity contribution in [1.29, 1.82) is 0 Å². The fraction of sp³-hybridized carbons (Fsp3) is 0.300. The van der Waals surface area contributed by atoms with Crippen LogP contribution in [0.5, 0.6) is 0 Å². The van der Waals surface area contributed by atoms with Gasteiger partial charge in [-0.3, -0.25) is 4.79 Å². The quantitative estimate of drug-likeness (QED) is 0.631. The van der Waals surface area contributed by atoms with Gasteiger partial charge in [-0.05, 0) is 54.8 Å². The number of aryl methyl sites for hydroxylation is 1. The number of anilines is 1. The number of hydrogen-bond acceptors (Lipinski definition) is 5. The number of thiazole rings is 1. The predicted molar refractivity (Wildman–Crippen MR) is 110 cm³/mol. The number of benzene rings is 2. The second-order valence-corrected chi connectivity index (χ2v) is 8.52. The number of aromatic nitrogens is 1. The molecular formula is C20H21N3OS2. The fourth-order valence-electron chi connectivity index (χ4n) is 3.43. The average molecular weight is 384 g/mol. The summed E-state index contributed by atoms with van der Waals surface area (Å²) in [7, 11) is 0. The highest BCUT2D eigenvalue weighted by Crippen LogP contribution is 2.30. The summed E-state index contributed by atoms with van der Waals surface area (Å²) in [6.45, 7) is 0.276. The van der Waals surface area contributed by atoms with Crippen molar-refractivity contribution in [2.24, 2.45) is 0 Å². The topological polar surface area (TPSA) is 54.0 Å². The largest absolute Gasteiger partial charge is 0.376 e. The Labute approximate surface area is 161 Å². The molecule has 1 aliphatic carbocycles. The van der Waals surface area contributed by atoms with E-state index < -0.39 is 0 Å². The minimum atomic E-state index is 0.0286. The molecule has 3 aromatic rings. The number of nitrogens with one attached hydrogen (secondary N) is 2. The number of carbonyl (C=O) groups is 1. The Morgan fingerprint density at radius 1 is 1.31 bits per heavy atom. The number of rotatable bonds is 5. The highest BCUT2D eigenvalue weighted by Gasteiger charge is 2.21. The van der Waals surface area contributed by atoms with Crippen molar-refractivity contribution in [3.05, 3.63) is 53.6 Å². The molecule has 2 aromatic carbocycles. The molecule has 134 valence electrons. The number of carbonyl (C=O) groups excluding carboxylic acids is 1. The number of hydrogen-bond donors (Lipinski definition) is 2. The molecule has 1 aliphatic rings. The molecular weight excluding hydrogens is 362 g/mol. The SMILES string of the molecule is CSc1nc2ccc(NCC(=O)NC3CCCc4ccccc43)cc2s1. The van der Waals surface area contributed by atoms with E-state index >= 15 is 0 Å². The Balaban J connectivity index is 1.38. The third-order valence-electron chi connectivity index (χ3n) is 4.70. The average Bonchev–Trinajstić information content (AvgIpc) is 3.09. The molecule has 0 radical (unpaired) electrons. The van der Waals surface area contributed by atoms with Gasteiger partial charge in [0.2, 0.25) is 5.91 Å². The fourth-order valence-corrected chi connectivity index (χ4v) is 4.96. The summed E-state index contributed by atoms with van der Waals surface area (Å²) in [6, 6.07) is 14.6. The van der Waals surface area contributed by atoms with Gasteiger partial charge in [0.1, 0.15) is 0 Å². The van der Waals surface area contributed by atoms with Crippen LogP contribution < -0.4 is 10.6 Å². The first-order chi connectivity index (χ1) is 12.7. The van der Waals surface area contributed by atoms with Crippen LogP contribution in [0.2, 0.25) is 0 Å². The summed E-state index contributed by atoms with van der Waals surface area (Å²) in [5.74, 6) is 0.0286. The lowest BCUT2D eigenvalue weighted by molar-refractivity contribution is -0.120. The highest BCUT2D eigenvalue weighted by molar-refractivity contribution is 8.00. The van der Waals surface area contributed by atoms with Crippen LogP contribution in [0.15, 0.2) is 46.8 Å². The minimum absolute atomic E-state index is 0.0286. The first-order valence-corrected chi connectivity index (χ1v) is 10.8. The van der Waals surface area contributed by atoms with Crippen molar-refractivity contribution < 1.29 is 4.79 Å². The summed E-state index contributed by atoms with van der Waals surface area (Å²) >= 11 is 3.33. The van der Waals surface area contributed by atoms with E-state index in [2.05, 4.69) is 45.9 Å². The van der Waals surface area contributed by atoms with Gasteiger partial charge in [-0.1, -0.05) is 36.0 Å². The van der Waals surface area contributed by atoms with Crippen LogP contribution in [0, 0.1) is 0 Å². The summed E-state index contributed by atoms with van der Waals surface area (Å²) in [6.07, 6.45) is 5.26.